The molecule has 0 spiro atoms. The SMILES string of the molecule is COc1ccccc1NC(=O)N1CCC(CNC(=O)Nc2ccc(C)c(C)c2)CC1. The van der Waals surface area contributed by atoms with Gasteiger partial charge in [-0.25, -0.2) is 9.59 Å². The maximum atomic E-state index is 12.5. The summed E-state index contributed by atoms with van der Waals surface area (Å²) in [5, 5.41) is 8.74. The number of piperidine rings is 1. The first-order chi connectivity index (χ1) is 14.5. The maximum absolute atomic E-state index is 12.5. The molecule has 3 N–H and O–H groups in total. The van der Waals surface area contributed by atoms with Crippen LogP contribution in [0.3, 0.4) is 0 Å². The number of aryl methyl sites for hydroxylation is 2. The molecule has 0 radical (unpaired) electrons. The van der Waals surface area contributed by atoms with Gasteiger partial charge >= 0.3 is 12.1 Å². The van der Waals surface area contributed by atoms with Crippen molar-refractivity contribution in [1.82, 2.24) is 10.2 Å². The van der Waals surface area contributed by atoms with Gasteiger partial charge in [-0.2, -0.15) is 0 Å². The lowest BCUT2D eigenvalue weighted by Gasteiger charge is -2.32. The third kappa shape index (κ3) is 5.65. The van der Waals surface area contributed by atoms with Gasteiger partial charge in [0.15, 0.2) is 0 Å². The predicted octanol–water partition coefficient (Wildman–Crippen LogP) is 4.38. The van der Waals surface area contributed by atoms with E-state index in [1.165, 1.54) is 5.56 Å². The smallest absolute Gasteiger partial charge is 0.321 e. The van der Waals surface area contributed by atoms with Crippen LogP contribution in [0.15, 0.2) is 42.5 Å². The number of hydrogen-bond donors (Lipinski definition) is 3. The molecule has 2 aromatic carbocycles. The number of carbonyl (C=O) groups is 2. The minimum absolute atomic E-state index is 0.126. The van der Waals surface area contributed by atoms with Crippen LogP contribution in [0.4, 0.5) is 21.0 Å². The van der Waals surface area contributed by atoms with Gasteiger partial charge in [-0.05, 0) is 68.0 Å². The first kappa shape index (κ1) is 21.5. The molecule has 7 heteroatoms. The molecule has 1 aliphatic heterocycles. The molecule has 1 heterocycles. The van der Waals surface area contributed by atoms with E-state index in [-0.39, 0.29) is 12.1 Å². The molecule has 0 atom stereocenters. The van der Waals surface area contributed by atoms with Crippen molar-refractivity contribution in [2.45, 2.75) is 26.7 Å². The van der Waals surface area contributed by atoms with Crippen LogP contribution in [0.25, 0.3) is 0 Å². The molecule has 1 fully saturated rings. The zero-order valence-corrected chi connectivity index (χ0v) is 17.8. The molecule has 0 aromatic heterocycles. The van der Waals surface area contributed by atoms with Crippen LogP contribution in [0.1, 0.15) is 24.0 Å². The van der Waals surface area contributed by atoms with Crippen molar-refractivity contribution in [2.75, 3.05) is 37.4 Å². The maximum Gasteiger partial charge on any atom is 0.321 e. The van der Waals surface area contributed by atoms with Gasteiger partial charge in [0.25, 0.3) is 0 Å². The number of hydrogen-bond acceptors (Lipinski definition) is 3. The lowest BCUT2D eigenvalue weighted by Crippen LogP contribution is -2.43. The Morgan fingerprint density at radius 2 is 1.77 bits per heavy atom. The highest BCUT2D eigenvalue weighted by atomic mass is 16.5. The van der Waals surface area contributed by atoms with Crippen LogP contribution < -0.4 is 20.7 Å². The van der Waals surface area contributed by atoms with Crippen molar-refractivity contribution in [2.24, 2.45) is 5.92 Å². The standard InChI is InChI=1S/C23H30N4O3/c1-16-8-9-19(14-17(16)2)25-22(28)24-15-18-10-12-27(13-11-18)23(29)26-20-6-4-5-7-21(20)30-3/h4-9,14,18H,10-13,15H2,1-3H3,(H,26,29)(H2,24,25,28). The molecule has 0 aliphatic carbocycles. The minimum atomic E-state index is -0.199. The van der Waals surface area contributed by atoms with Gasteiger partial charge in [-0.3, -0.25) is 0 Å². The Bertz CT molecular complexity index is 892. The van der Waals surface area contributed by atoms with Crippen LogP contribution in [-0.4, -0.2) is 43.7 Å². The van der Waals surface area contributed by atoms with Crippen molar-refractivity contribution in [3.8, 4) is 5.75 Å². The molecule has 0 saturated carbocycles. The van der Waals surface area contributed by atoms with E-state index in [1.807, 2.05) is 56.3 Å². The average Bonchev–Trinajstić information content (AvgIpc) is 2.75. The highest BCUT2D eigenvalue weighted by molar-refractivity contribution is 5.91. The van der Waals surface area contributed by atoms with Crippen molar-refractivity contribution in [1.29, 1.82) is 0 Å². The summed E-state index contributed by atoms with van der Waals surface area (Å²) in [7, 11) is 1.58. The monoisotopic (exact) mass is 410 g/mol. The van der Waals surface area contributed by atoms with Crippen molar-refractivity contribution >= 4 is 23.4 Å². The number of ether oxygens (including phenoxy) is 1. The molecule has 1 aliphatic rings. The highest BCUT2D eigenvalue weighted by Gasteiger charge is 2.23. The molecule has 30 heavy (non-hydrogen) atoms. The van der Waals surface area contributed by atoms with Crippen LogP contribution in [0.2, 0.25) is 0 Å². The fraction of sp³-hybridized carbons (Fsp3) is 0.391. The molecular weight excluding hydrogens is 380 g/mol. The van der Waals surface area contributed by atoms with E-state index in [9.17, 15) is 9.59 Å². The largest absolute Gasteiger partial charge is 0.495 e. The fourth-order valence-corrected chi connectivity index (χ4v) is 3.51. The molecule has 4 amide bonds. The number of nitrogens with one attached hydrogen (secondary N) is 3. The lowest BCUT2D eigenvalue weighted by atomic mass is 9.97. The van der Waals surface area contributed by atoms with Gasteiger partial charge < -0.3 is 25.6 Å². The molecule has 2 aromatic rings. The van der Waals surface area contributed by atoms with Crippen LogP contribution in [0.5, 0.6) is 5.75 Å². The summed E-state index contributed by atoms with van der Waals surface area (Å²) < 4.78 is 5.28. The third-order valence-corrected chi connectivity index (χ3v) is 5.57. The summed E-state index contributed by atoms with van der Waals surface area (Å²) >= 11 is 0. The molecule has 7 nitrogen and oxygen atoms in total. The Morgan fingerprint density at radius 3 is 2.47 bits per heavy atom. The Labute approximate surface area is 177 Å². The molecular formula is C23H30N4O3. The van der Waals surface area contributed by atoms with Crippen LogP contribution in [-0.2, 0) is 0 Å². The van der Waals surface area contributed by atoms with Gasteiger partial charge in [0.05, 0.1) is 12.8 Å². The van der Waals surface area contributed by atoms with Crippen molar-refractivity contribution < 1.29 is 14.3 Å². The van der Waals surface area contributed by atoms with Crippen molar-refractivity contribution in [3.63, 3.8) is 0 Å². The average molecular weight is 411 g/mol. The first-order valence-electron chi connectivity index (χ1n) is 10.3. The fourth-order valence-electron chi connectivity index (χ4n) is 3.51. The van der Waals surface area contributed by atoms with Gasteiger partial charge in [-0.1, -0.05) is 18.2 Å². The van der Waals surface area contributed by atoms with Crippen molar-refractivity contribution in [3.05, 3.63) is 53.6 Å². The molecule has 160 valence electrons. The van der Waals surface area contributed by atoms with Gasteiger partial charge in [0.1, 0.15) is 5.75 Å². The topological polar surface area (TPSA) is 82.7 Å². The Morgan fingerprint density at radius 1 is 1.03 bits per heavy atom. The number of anilines is 2. The zero-order chi connectivity index (χ0) is 21.5. The molecule has 0 unspecified atom stereocenters. The van der Waals surface area contributed by atoms with E-state index in [1.54, 1.807) is 12.0 Å². The van der Waals surface area contributed by atoms with E-state index < -0.39 is 0 Å². The number of carbonyl (C=O) groups excluding carboxylic acids is 2. The van der Waals surface area contributed by atoms with E-state index in [4.69, 9.17) is 4.74 Å². The first-order valence-corrected chi connectivity index (χ1v) is 10.3. The number of urea groups is 2. The van der Waals surface area contributed by atoms with E-state index in [2.05, 4.69) is 16.0 Å². The van der Waals surface area contributed by atoms with E-state index in [0.29, 0.717) is 37.0 Å². The number of likely N-dealkylation sites (tertiary alicyclic amines) is 1. The Kier molecular flexibility index (Phi) is 7.17. The summed E-state index contributed by atoms with van der Waals surface area (Å²) in [5.74, 6) is 0.991. The second kappa shape index (κ2) is 10.0. The van der Waals surface area contributed by atoms with E-state index >= 15 is 0 Å². The number of rotatable bonds is 5. The number of para-hydroxylation sites is 2. The summed E-state index contributed by atoms with van der Waals surface area (Å²) in [6.07, 6.45) is 1.70. The zero-order valence-electron chi connectivity index (χ0n) is 17.8. The number of nitrogens with zero attached hydrogens (tertiary/aromatic N) is 1. The van der Waals surface area contributed by atoms with Gasteiger partial charge in [-0.15, -0.1) is 0 Å². The number of amides is 4. The Hall–Kier alpha value is -3.22. The normalized spacial score (nSPS) is 14.2. The van der Waals surface area contributed by atoms with Crippen LogP contribution in [0, 0.1) is 19.8 Å². The summed E-state index contributed by atoms with van der Waals surface area (Å²) in [6, 6.07) is 12.9. The summed E-state index contributed by atoms with van der Waals surface area (Å²) in [6.45, 7) is 5.98. The summed E-state index contributed by atoms with van der Waals surface area (Å²) in [5.41, 5.74) is 3.80. The number of methoxy groups -OCH3 is 1. The van der Waals surface area contributed by atoms with E-state index in [0.717, 1.165) is 24.1 Å². The molecule has 1 saturated heterocycles. The molecule has 0 bridgehead atoms. The predicted molar refractivity (Wildman–Crippen MR) is 119 cm³/mol. The lowest BCUT2D eigenvalue weighted by molar-refractivity contribution is 0.181. The third-order valence-electron chi connectivity index (χ3n) is 5.57. The van der Waals surface area contributed by atoms with Gasteiger partial charge in [0.2, 0.25) is 0 Å². The quantitative estimate of drug-likeness (QED) is 0.684. The van der Waals surface area contributed by atoms with Crippen LogP contribution >= 0.6 is 0 Å². The highest BCUT2D eigenvalue weighted by Crippen LogP contribution is 2.24. The van der Waals surface area contributed by atoms with Gasteiger partial charge in [0, 0.05) is 25.3 Å². The second-order valence-electron chi connectivity index (χ2n) is 7.69. The second-order valence-corrected chi connectivity index (χ2v) is 7.69. The summed E-state index contributed by atoms with van der Waals surface area (Å²) in [4.78, 5) is 26.5. The number of benzene rings is 2. The molecule has 3 rings (SSSR count). The Balaban J connectivity index is 1.41. The minimum Gasteiger partial charge on any atom is -0.495 e.